The largest absolute Gasteiger partial charge is 0.379 e. The minimum atomic E-state index is -0.195. The Bertz CT molecular complexity index is 722. The lowest BCUT2D eigenvalue weighted by Crippen LogP contribution is -2.45. The molecular formula is C21H26FN3OS. The van der Waals surface area contributed by atoms with E-state index in [2.05, 4.69) is 22.3 Å². The van der Waals surface area contributed by atoms with E-state index in [9.17, 15) is 4.39 Å². The Balaban J connectivity index is 1.62. The molecule has 4 nitrogen and oxygen atoms in total. The van der Waals surface area contributed by atoms with E-state index in [1.807, 2.05) is 35.2 Å². The van der Waals surface area contributed by atoms with Crippen molar-refractivity contribution in [3.05, 3.63) is 71.5 Å². The summed E-state index contributed by atoms with van der Waals surface area (Å²) >= 11 is 5.63. The van der Waals surface area contributed by atoms with Crippen LogP contribution in [-0.2, 0) is 17.8 Å². The Morgan fingerprint density at radius 3 is 2.52 bits per heavy atom. The van der Waals surface area contributed by atoms with E-state index < -0.39 is 0 Å². The zero-order chi connectivity index (χ0) is 18.9. The summed E-state index contributed by atoms with van der Waals surface area (Å²) in [5, 5.41) is 3.97. The Labute approximate surface area is 165 Å². The van der Waals surface area contributed by atoms with Crippen molar-refractivity contribution in [2.24, 2.45) is 0 Å². The van der Waals surface area contributed by atoms with Crippen molar-refractivity contribution in [2.45, 2.75) is 13.1 Å². The fraction of sp³-hybridized carbons (Fsp3) is 0.381. The second kappa shape index (κ2) is 10.3. The maximum absolute atomic E-state index is 14.1. The number of nitrogens with zero attached hydrogens (tertiary/aromatic N) is 2. The molecule has 2 aromatic carbocycles. The van der Waals surface area contributed by atoms with Gasteiger partial charge in [-0.05, 0) is 23.8 Å². The van der Waals surface area contributed by atoms with Gasteiger partial charge in [0.15, 0.2) is 5.11 Å². The summed E-state index contributed by atoms with van der Waals surface area (Å²) in [6.45, 7) is 6.13. The SMILES string of the molecule is Fc1ccccc1CN(CCN1CCOCC1)C(=S)NCc1ccccc1. The summed E-state index contributed by atoms with van der Waals surface area (Å²) in [5.74, 6) is -0.195. The molecular weight excluding hydrogens is 361 g/mol. The molecule has 0 atom stereocenters. The summed E-state index contributed by atoms with van der Waals surface area (Å²) in [4.78, 5) is 4.41. The first-order chi connectivity index (χ1) is 13.2. The standard InChI is InChI=1S/C21H26FN3OS/c22-20-9-5-4-8-19(20)17-25(11-10-24-12-14-26-15-13-24)21(27)23-16-18-6-2-1-3-7-18/h1-9H,10-17H2,(H,23,27). The number of thiocarbonyl (C=S) groups is 1. The summed E-state index contributed by atoms with van der Waals surface area (Å²) in [7, 11) is 0. The van der Waals surface area contributed by atoms with E-state index in [0.29, 0.717) is 23.8 Å². The van der Waals surface area contributed by atoms with Crippen molar-refractivity contribution in [3.63, 3.8) is 0 Å². The molecule has 1 fully saturated rings. The van der Waals surface area contributed by atoms with Gasteiger partial charge >= 0.3 is 0 Å². The predicted molar refractivity (Wildman–Crippen MR) is 110 cm³/mol. The first kappa shape index (κ1) is 19.7. The van der Waals surface area contributed by atoms with E-state index in [1.165, 1.54) is 11.6 Å². The normalized spacial score (nSPS) is 14.7. The van der Waals surface area contributed by atoms with Gasteiger partial charge in [0.1, 0.15) is 5.82 Å². The molecule has 27 heavy (non-hydrogen) atoms. The summed E-state index contributed by atoms with van der Waals surface area (Å²) < 4.78 is 19.6. The number of benzene rings is 2. The molecule has 0 unspecified atom stereocenters. The summed E-state index contributed by atoms with van der Waals surface area (Å²) in [5.41, 5.74) is 1.82. The van der Waals surface area contributed by atoms with Gasteiger partial charge in [0.25, 0.3) is 0 Å². The molecule has 144 valence electrons. The van der Waals surface area contributed by atoms with Crippen LogP contribution in [0.5, 0.6) is 0 Å². The average molecular weight is 388 g/mol. The van der Waals surface area contributed by atoms with Gasteiger partial charge in [0.2, 0.25) is 0 Å². The van der Waals surface area contributed by atoms with Crippen molar-refractivity contribution in [1.29, 1.82) is 0 Å². The topological polar surface area (TPSA) is 27.7 Å². The zero-order valence-electron chi connectivity index (χ0n) is 15.4. The van der Waals surface area contributed by atoms with Gasteiger partial charge in [0.05, 0.1) is 13.2 Å². The van der Waals surface area contributed by atoms with Gasteiger partial charge in [-0.15, -0.1) is 0 Å². The van der Waals surface area contributed by atoms with Crippen LogP contribution >= 0.6 is 12.2 Å². The lowest BCUT2D eigenvalue weighted by Gasteiger charge is -2.31. The highest BCUT2D eigenvalue weighted by Gasteiger charge is 2.16. The van der Waals surface area contributed by atoms with Crippen LogP contribution in [0, 0.1) is 5.82 Å². The zero-order valence-corrected chi connectivity index (χ0v) is 16.3. The number of halogens is 1. The number of morpholine rings is 1. The lowest BCUT2D eigenvalue weighted by molar-refractivity contribution is 0.0357. The number of hydrogen-bond acceptors (Lipinski definition) is 3. The molecule has 0 radical (unpaired) electrons. The van der Waals surface area contributed by atoms with Crippen LogP contribution in [0.1, 0.15) is 11.1 Å². The van der Waals surface area contributed by atoms with Crippen molar-refractivity contribution >= 4 is 17.3 Å². The molecule has 6 heteroatoms. The third-order valence-electron chi connectivity index (χ3n) is 4.68. The Morgan fingerprint density at radius 2 is 1.78 bits per heavy atom. The Morgan fingerprint density at radius 1 is 1.07 bits per heavy atom. The van der Waals surface area contributed by atoms with Crippen LogP contribution < -0.4 is 5.32 Å². The maximum Gasteiger partial charge on any atom is 0.169 e. The van der Waals surface area contributed by atoms with Crippen LogP contribution in [0.15, 0.2) is 54.6 Å². The third-order valence-corrected chi connectivity index (χ3v) is 5.09. The molecule has 1 heterocycles. The first-order valence-corrected chi connectivity index (χ1v) is 9.73. The highest BCUT2D eigenvalue weighted by molar-refractivity contribution is 7.80. The van der Waals surface area contributed by atoms with E-state index in [1.54, 1.807) is 6.07 Å². The fourth-order valence-corrected chi connectivity index (χ4v) is 3.28. The van der Waals surface area contributed by atoms with Crippen LogP contribution in [0.3, 0.4) is 0 Å². The molecule has 1 aliphatic heterocycles. The number of nitrogens with one attached hydrogen (secondary N) is 1. The van der Waals surface area contributed by atoms with Crippen LogP contribution in [0.25, 0.3) is 0 Å². The molecule has 0 amide bonds. The van der Waals surface area contributed by atoms with Gasteiger partial charge in [-0.2, -0.15) is 0 Å². The average Bonchev–Trinajstić information content (AvgIpc) is 2.72. The maximum atomic E-state index is 14.1. The molecule has 0 saturated carbocycles. The van der Waals surface area contributed by atoms with Crippen LogP contribution in [0.2, 0.25) is 0 Å². The summed E-state index contributed by atoms with van der Waals surface area (Å²) in [6, 6.07) is 17.0. The second-order valence-electron chi connectivity index (χ2n) is 6.61. The lowest BCUT2D eigenvalue weighted by atomic mass is 10.2. The number of rotatable bonds is 7. The minimum Gasteiger partial charge on any atom is -0.379 e. The molecule has 1 saturated heterocycles. The smallest absolute Gasteiger partial charge is 0.169 e. The third kappa shape index (κ3) is 6.27. The molecule has 3 rings (SSSR count). The highest BCUT2D eigenvalue weighted by atomic mass is 32.1. The first-order valence-electron chi connectivity index (χ1n) is 9.32. The number of ether oxygens (including phenoxy) is 1. The van der Waals surface area contributed by atoms with Crippen molar-refractivity contribution in [3.8, 4) is 0 Å². The van der Waals surface area contributed by atoms with Gasteiger partial charge in [0, 0.05) is 44.8 Å². The van der Waals surface area contributed by atoms with Crippen molar-refractivity contribution < 1.29 is 9.13 Å². The van der Waals surface area contributed by atoms with E-state index in [0.717, 1.165) is 39.4 Å². The number of hydrogen-bond donors (Lipinski definition) is 1. The fourth-order valence-electron chi connectivity index (χ4n) is 3.06. The van der Waals surface area contributed by atoms with E-state index >= 15 is 0 Å². The van der Waals surface area contributed by atoms with Gasteiger partial charge < -0.3 is 15.0 Å². The van der Waals surface area contributed by atoms with Gasteiger partial charge in [-0.25, -0.2) is 4.39 Å². The molecule has 0 aromatic heterocycles. The van der Waals surface area contributed by atoms with E-state index in [-0.39, 0.29) is 5.82 Å². The molecule has 1 N–H and O–H groups in total. The minimum absolute atomic E-state index is 0.195. The van der Waals surface area contributed by atoms with Crippen molar-refractivity contribution in [2.75, 3.05) is 39.4 Å². The molecule has 0 spiro atoms. The van der Waals surface area contributed by atoms with Crippen LogP contribution in [0.4, 0.5) is 4.39 Å². The van der Waals surface area contributed by atoms with Crippen molar-refractivity contribution in [1.82, 2.24) is 15.1 Å². The summed E-state index contributed by atoms with van der Waals surface area (Å²) in [6.07, 6.45) is 0. The Kier molecular flexibility index (Phi) is 7.56. The van der Waals surface area contributed by atoms with Crippen LogP contribution in [-0.4, -0.2) is 54.3 Å². The van der Waals surface area contributed by atoms with Gasteiger partial charge in [-0.1, -0.05) is 48.5 Å². The molecule has 2 aromatic rings. The quantitative estimate of drug-likeness (QED) is 0.738. The van der Waals surface area contributed by atoms with Gasteiger partial charge in [-0.3, -0.25) is 4.90 Å². The highest BCUT2D eigenvalue weighted by Crippen LogP contribution is 2.11. The monoisotopic (exact) mass is 387 g/mol. The molecule has 0 bridgehead atoms. The molecule has 0 aliphatic carbocycles. The predicted octanol–water partition coefficient (Wildman–Crippen LogP) is 3.03. The van der Waals surface area contributed by atoms with E-state index in [4.69, 9.17) is 17.0 Å². The molecule has 1 aliphatic rings. The Hall–Kier alpha value is -2.02. The second-order valence-corrected chi connectivity index (χ2v) is 7.00.